The Kier molecular flexibility index (Phi) is 6.01. The molecule has 0 aliphatic carbocycles. The van der Waals surface area contributed by atoms with Crippen molar-refractivity contribution in [1.82, 2.24) is 5.32 Å². The summed E-state index contributed by atoms with van der Waals surface area (Å²) in [5.74, 6) is -3.52. The fourth-order valence-electron chi connectivity index (χ4n) is 4.81. The highest BCUT2D eigenvalue weighted by Gasteiger charge is 2.67. The molecule has 0 saturated carbocycles. The van der Waals surface area contributed by atoms with Crippen molar-refractivity contribution in [2.45, 2.75) is 17.9 Å². The Morgan fingerprint density at radius 1 is 1.14 bits per heavy atom. The first-order chi connectivity index (χ1) is 17.0. The number of nitrogens with zero attached hydrogens (tertiary/aromatic N) is 1. The second kappa shape index (κ2) is 8.79. The molecule has 7 nitrogen and oxygen atoms in total. The summed E-state index contributed by atoms with van der Waals surface area (Å²) >= 11 is 11.9. The van der Waals surface area contributed by atoms with Gasteiger partial charge < -0.3 is 14.8 Å². The number of anilines is 1. The van der Waals surface area contributed by atoms with Gasteiger partial charge in [0.1, 0.15) is 11.4 Å². The second-order valence-electron chi connectivity index (χ2n) is 8.60. The van der Waals surface area contributed by atoms with E-state index in [1.54, 1.807) is 18.2 Å². The SMILES string of the molecule is O=C(COc1ccc(Cl)cc1Cl)NC[C@@]12C=C[C@H](O1)[C@H]1C(=O)N(c3cccc(C(F)(F)F)c3)C(=O)[C@H]12. The molecule has 3 aliphatic heterocycles. The number of carbonyl (C=O) groups excluding carboxylic acids is 3. The van der Waals surface area contributed by atoms with Gasteiger partial charge in [0.25, 0.3) is 5.91 Å². The molecule has 2 saturated heterocycles. The summed E-state index contributed by atoms with van der Waals surface area (Å²) in [6.07, 6.45) is -2.14. The molecule has 2 fully saturated rings. The van der Waals surface area contributed by atoms with Gasteiger partial charge in [0, 0.05) is 5.02 Å². The molecule has 188 valence electrons. The Bertz CT molecular complexity index is 1300. The number of nitrogens with one attached hydrogen (secondary N) is 1. The molecule has 3 heterocycles. The first-order valence-corrected chi connectivity index (χ1v) is 11.5. The van der Waals surface area contributed by atoms with E-state index in [4.69, 9.17) is 32.7 Å². The van der Waals surface area contributed by atoms with Gasteiger partial charge in [-0.05, 0) is 36.4 Å². The predicted octanol–water partition coefficient (Wildman–Crippen LogP) is 4.02. The summed E-state index contributed by atoms with van der Waals surface area (Å²) < 4.78 is 50.9. The third-order valence-corrected chi connectivity index (χ3v) is 6.93. The summed E-state index contributed by atoms with van der Waals surface area (Å²) in [4.78, 5) is 39.6. The first-order valence-electron chi connectivity index (χ1n) is 10.8. The maximum absolute atomic E-state index is 13.3. The average molecular weight is 541 g/mol. The normalized spacial score (nSPS) is 26.5. The van der Waals surface area contributed by atoms with Gasteiger partial charge in [-0.1, -0.05) is 41.4 Å². The smallest absolute Gasteiger partial charge is 0.416 e. The van der Waals surface area contributed by atoms with Gasteiger partial charge in [0.15, 0.2) is 6.61 Å². The van der Waals surface area contributed by atoms with Crippen molar-refractivity contribution >= 4 is 46.6 Å². The molecule has 2 bridgehead atoms. The summed E-state index contributed by atoms with van der Waals surface area (Å²) in [7, 11) is 0. The van der Waals surface area contributed by atoms with E-state index in [0.717, 1.165) is 23.1 Å². The highest BCUT2D eigenvalue weighted by atomic mass is 35.5. The maximum atomic E-state index is 13.3. The van der Waals surface area contributed by atoms with Crippen LogP contribution in [-0.4, -0.2) is 42.6 Å². The van der Waals surface area contributed by atoms with Crippen LogP contribution < -0.4 is 15.0 Å². The van der Waals surface area contributed by atoms with Crippen LogP contribution in [0, 0.1) is 11.8 Å². The molecule has 1 N–H and O–H groups in total. The molecule has 12 heteroatoms. The lowest BCUT2D eigenvalue weighted by molar-refractivity contribution is -0.137. The van der Waals surface area contributed by atoms with Crippen molar-refractivity contribution in [2.24, 2.45) is 11.8 Å². The van der Waals surface area contributed by atoms with Crippen LogP contribution in [0.5, 0.6) is 5.75 Å². The van der Waals surface area contributed by atoms with Crippen LogP contribution in [0.25, 0.3) is 0 Å². The molecule has 3 aliphatic rings. The number of ether oxygens (including phenoxy) is 2. The minimum absolute atomic E-state index is 0.146. The summed E-state index contributed by atoms with van der Waals surface area (Å²) in [5, 5.41) is 3.26. The Hall–Kier alpha value is -3.08. The maximum Gasteiger partial charge on any atom is 0.416 e. The molecule has 0 spiro atoms. The van der Waals surface area contributed by atoms with Crippen molar-refractivity contribution in [3.8, 4) is 5.75 Å². The minimum atomic E-state index is -4.63. The molecule has 3 amide bonds. The lowest BCUT2D eigenvalue weighted by Crippen LogP contribution is -2.49. The van der Waals surface area contributed by atoms with E-state index in [0.29, 0.717) is 5.02 Å². The van der Waals surface area contributed by atoms with E-state index < -0.39 is 53.0 Å². The standard InChI is InChI=1S/C24H17Cl2F3N2O5/c25-13-4-5-16(15(26)9-13)35-10-18(32)30-11-23-7-6-17(36-23)19-20(23)22(34)31(21(19)33)14-3-1-2-12(8-14)24(27,28)29/h1-9,17,19-20H,10-11H2,(H,30,32)/t17-,19+,20-,23+/m0/s1. The number of halogens is 5. The van der Waals surface area contributed by atoms with Crippen molar-refractivity contribution in [2.75, 3.05) is 18.1 Å². The Morgan fingerprint density at radius 3 is 2.64 bits per heavy atom. The zero-order chi connectivity index (χ0) is 25.8. The van der Waals surface area contributed by atoms with Gasteiger partial charge >= 0.3 is 6.18 Å². The molecule has 0 radical (unpaired) electrons. The average Bonchev–Trinajstić information content (AvgIpc) is 3.47. The van der Waals surface area contributed by atoms with E-state index in [1.807, 2.05) is 0 Å². The van der Waals surface area contributed by atoms with E-state index in [2.05, 4.69) is 5.32 Å². The van der Waals surface area contributed by atoms with Crippen molar-refractivity contribution in [3.63, 3.8) is 0 Å². The number of alkyl halides is 3. The fourth-order valence-corrected chi connectivity index (χ4v) is 5.27. The van der Waals surface area contributed by atoms with Crippen molar-refractivity contribution in [3.05, 3.63) is 70.2 Å². The van der Waals surface area contributed by atoms with Crippen LogP contribution in [0.2, 0.25) is 10.0 Å². The first kappa shape index (κ1) is 24.6. The van der Waals surface area contributed by atoms with Crippen LogP contribution in [-0.2, 0) is 25.3 Å². The number of rotatable bonds is 6. The number of hydrogen-bond acceptors (Lipinski definition) is 5. The van der Waals surface area contributed by atoms with Crippen LogP contribution >= 0.6 is 23.2 Å². The topological polar surface area (TPSA) is 84.9 Å². The van der Waals surface area contributed by atoms with Crippen LogP contribution in [0.4, 0.5) is 18.9 Å². The Morgan fingerprint density at radius 2 is 1.92 bits per heavy atom. The molecule has 36 heavy (non-hydrogen) atoms. The van der Waals surface area contributed by atoms with Gasteiger partial charge in [-0.25, -0.2) is 4.90 Å². The minimum Gasteiger partial charge on any atom is -0.482 e. The van der Waals surface area contributed by atoms with Gasteiger partial charge in [0.05, 0.1) is 40.8 Å². The largest absolute Gasteiger partial charge is 0.482 e. The predicted molar refractivity (Wildman–Crippen MR) is 123 cm³/mol. The molecular weight excluding hydrogens is 524 g/mol. The van der Waals surface area contributed by atoms with Crippen LogP contribution in [0.15, 0.2) is 54.6 Å². The van der Waals surface area contributed by atoms with Gasteiger partial charge in [-0.2, -0.15) is 13.2 Å². The van der Waals surface area contributed by atoms with Crippen LogP contribution in [0.3, 0.4) is 0 Å². The summed E-state index contributed by atoms with van der Waals surface area (Å²) in [5.41, 5.74) is -2.45. The van der Waals surface area contributed by atoms with E-state index in [-0.39, 0.29) is 29.6 Å². The third-order valence-electron chi connectivity index (χ3n) is 6.40. The molecule has 2 aromatic carbocycles. The fraction of sp³-hybridized carbons (Fsp3) is 0.292. The highest BCUT2D eigenvalue weighted by molar-refractivity contribution is 6.35. The van der Waals surface area contributed by atoms with Crippen molar-refractivity contribution in [1.29, 1.82) is 0 Å². The molecule has 2 aromatic rings. The number of fused-ring (bicyclic) bond motifs is 5. The summed E-state index contributed by atoms with van der Waals surface area (Å²) in [6.45, 7) is -0.533. The number of amides is 3. The van der Waals surface area contributed by atoms with Gasteiger partial charge in [0.2, 0.25) is 11.8 Å². The molecule has 5 rings (SSSR count). The molecule has 4 atom stereocenters. The number of carbonyl (C=O) groups is 3. The lowest BCUT2D eigenvalue weighted by atomic mass is 9.77. The van der Waals surface area contributed by atoms with Gasteiger partial charge in [-0.3, -0.25) is 14.4 Å². The van der Waals surface area contributed by atoms with Crippen molar-refractivity contribution < 1.29 is 37.0 Å². The number of imide groups is 1. The van der Waals surface area contributed by atoms with Crippen LogP contribution in [0.1, 0.15) is 5.56 Å². The quantitative estimate of drug-likeness (QED) is 0.442. The second-order valence-corrected chi connectivity index (χ2v) is 9.44. The summed E-state index contributed by atoms with van der Waals surface area (Å²) in [6, 6.07) is 8.56. The van der Waals surface area contributed by atoms with E-state index >= 15 is 0 Å². The monoisotopic (exact) mass is 540 g/mol. The van der Waals surface area contributed by atoms with E-state index in [1.165, 1.54) is 18.2 Å². The molecule has 0 unspecified atom stereocenters. The van der Waals surface area contributed by atoms with Gasteiger partial charge in [-0.15, -0.1) is 0 Å². The lowest BCUT2D eigenvalue weighted by Gasteiger charge is -2.29. The molecular formula is C24H17Cl2F3N2O5. The zero-order valence-corrected chi connectivity index (χ0v) is 19.7. The third kappa shape index (κ3) is 4.12. The molecule has 0 aromatic heterocycles. The number of hydrogen-bond donors (Lipinski definition) is 1. The number of benzene rings is 2. The Labute approximate surface area is 212 Å². The zero-order valence-electron chi connectivity index (χ0n) is 18.2. The van der Waals surface area contributed by atoms with E-state index in [9.17, 15) is 27.6 Å². The Balaban J connectivity index is 1.30. The highest BCUT2D eigenvalue weighted by Crippen LogP contribution is 2.52.